The van der Waals surface area contributed by atoms with Crippen molar-refractivity contribution in [3.05, 3.63) is 54.1 Å². The predicted octanol–water partition coefficient (Wildman–Crippen LogP) is 3.10. The minimum atomic E-state index is -1.08. The summed E-state index contributed by atoms with van der Waals surface area (Å²) in [5.41, 5.74) is 8.25. The van der Waals surface area contributed by atoms with Crippen LogP contribution in [0.4, 0.5) is 21.0 Å². The van der Waals surface area contributed by atoms with Gasteiger partial charge in [0.25, 0.3) is 5.91 Å². The highest BCUT2D eigenvalue weighted by atomic mass is 16.5. The van der Waals surface area contributed by atoms with Gasteiger partial charge >= 0.3 is 12.1 Å². The number of ether oxygens (including phenoxy) is 1. The second kappa shape index (κ2) is 11.3. The van der Waals surface area contributed by atoms with E-state index in [0.29, 0.717) is 17.1 Å². The molecule has 1 aliphatic carbocycles. The van der Waals surface area contributed by atoms with Crippen molar-refractivity contribution in [2.24, 2.45) is 5.73 Å². The molecule has 1 heterocycles. The summed E-state index contributed by atoms with van der Waals surface area (Å²) in [4.78, 5) is 42.7. The van der Waals surface area contributed by atoms with Crippen molar-refractivity contribution in [2.75, 3.05) is 30.8 Å². The number of carbonyl (C=O) groups is 3. The Bertz CT molecular complexity index is 1070. The summed E-state index contributed by atoms with van der Waals surface area (Å²) in [6, 6.07) is 13.5. The molecule has 5 amide bonds. The van der Waals surface area contributed by atoms with E-state index in [1.54, 1.807) is 43.5 Å². The second-order valence-corrected chi connectivity index (χ2v) is 9.34. The number of rotatable bonds is 5. The second-order valence-electron chi connectivity index (χ2n) is 9.34. The van der Waals surface area contributed by atoms with Crippen molar-refractivity contribution in [1.29, 1.82) is 0 Å². The number of carbonyl (C=O) groups excluding carboxylic acids is 3. The first-order valence-corrected chi connectivity index (χ1v) is 12.3. The highest BCUT2D eigenvalue weighted by Crippen LogP contribution is 2.23. The normalized spacial score (nSPS) is 21.6. The van der Waals surface area contributed by atoms with E-state index in [4.69, 9.17) is 10.5 Å². The van der Waals surface area contributed by atoms with Crippen molar-refractivity contribution in [3.63, 3.8) is 0 Å². The number of hydrogen-bond donors (Lipinski definition) is 4. The fourth-order valence-corrected chi connectivity index (χ4v) is 4.58. The average molecular weight is 495 g/mol. The highest BCUT2D eigenvalue weighted by molar-refractivity contribution is 5.98. The number of nitrogens with two attached hydrogens (primary N) is 1. The Labute approximate surface area is 211 Å². The Morgan fingerprint density at radius 3 is 1.83 bits per heavy atom. The fraction of sp³-hybridized carbons (Fsp3) is 0.423. The Morgan fingerprint density at radius 2 is 1.33 bits per heavy atom. The standard InChI is InChI=1S/C26H34N6O4/c1-17-3-7-20(8-4-17)29-25(34)31-15-16-32(26(35)30-21-11-13-22(36-2)14-12-21)24(31)23(33)28-19-9-5-18(27)6-10-19/h3-4,7-8,11-14,18-19,24H,5-6,9-10,15-16,27H2,1-2H3,(H,28,33)(H,29,34)(H,30,35). The third-order valence-electron chi connectivity index (χ3n) is 6.69. The Morgan fingerprint density at radius 1 is 0.833 bits per heavy atom. The lowest BCUT2D eigenvalue weighted by molar-refractivity contribution is -0.128. The van der Waals surface area contributed by atoms with Gasteiger partial charge in [0.15, 0.2) is 6.17 Å². The number of methoxy groups -OCH3 is 1. The van der Waals surface area contributed by atoms with Crippen molar-refractivity contribution in [1.82, 2.24) is 15.1 Å². The zero-order valence-electron chi connectivity index (χ0n) is 20.7. The van der Waals surface area contributed by atoms with E-state index >= 15 is 0 Å². The van der Waals surface area contributed by atoms with Gasteiger partial charge in [0.2, 0.25) is 0 Å². The third kappa shape index (κ3) is 6.06. The Kier molecular flexibility index (Phi) is 7.94. The molecule has 10 nitrogen and oxygen atoms in total. The van der Waals surface area contributed by atoms with Crippen molar-refractivity contribution >= 4 is 29.3 Å². The number of nitrogens with one attached hydrogen (secondary N) is 3. The lowest BCUT2D eigenvalue weighted by atomic mass is 9.92. The molecule has 4 rings (SSSR count). The minimum Gasteiger partial charge on any atom is -0.497 e. The van der Waals surface area contributed by atoms with E-state index in [2.05, 4.69) is 16.0 Å². The smallest absolute Gasteiger partial charge is 0.323 e. The molecule has 10 heteroatoms. The van der Waals surface area contributed by atoms with Gasteiger partial charge in [-0.2, -0.15) is 0 Å². The van der Waals surface area contributed by atoms with Gasteiger partial charge in [-0.05, 0) is 69.0 Å². The number of benzene rings is 2. The van der Waals surface area contributed by atoms with E-state index in [9.17, 15) is 14.4 Å². The first-order valence-electron chi connectivity index (χ1n) is 12.3. The Hall–Kier alpha value is -3.79. The molecule has 0 spiro atoms. The molecule has 1 saturated carbocycles. The molecular weight excluding hydrogens is 460 g/mol. The summed E-state index contributed by atoms with van der Waals surface area (Å²) < 4.78 is 5.16. The van der Waals surface area contributed by atoms with Gasteiger partial charge in [0.1, 0.15) is 5.75 Å². The van der Waals surface area contributed by atoms with Crippen LogP contribution in [0.2, 0.25) is 0 Å². The number of urea groups is 2. The summed E-state index contributed by atoms with van der Waals surface area (Å²) in [6.07, 6.45) is 2.12. The number of nitrogens with zero attached hydrogens (tertiary/aromatic N) is 2. The fourth-order valence-electron chi connectivity index (χ4n) is 4.58. The van der Waals surface area contributed by atoms with Gasteiger partial charge < -0.3 is 26.4 Å². The lowest BCUT2D eigenvalue weighted by Crippen LogP contribution is -2.57. The Balaban J connectivity index is 1.50. The largest absolute Gasteiger partial charge is 0.497 e. The SMILES string of the molecule is COc1ccc(NC(=O)N2CCN(C(=O)Nc3ccc(C)cc3)C2C(=O)NC2CCC(N)CC2)cc1. The van der Waals surface area contributed by atoms with Gasteiger partial charge in [-0.15, -0.1) is 0 Å². The van der Waals surface area contributed by atoms with E-state index < -0.39 is 18.2 Å². The monoisotopic (exact) mass is 494 g/mol. The van der Waals surface area contributed by atoms with E-state index in [1.807, 2.05) is 19.1 Å². The van der Waals surface area contributed by atoms with Gasteiger partial charge in [-0.1, -0.05) is 17.7 Å². The molecule has 36 heavy (non-hydrogen) atoms. The lowest BCUT2D eigenvalue weighted by Gasteiger charge is -2.32. The molecule has 0 radical (unpaired) electrons. The van der Waals surface area contributed by atoms with E-state index in [1.165, 1.54) is 9.80 Å². The first kappa shape index (κ1) is 25.3. The first-order chi connectivity index (χ1) is 17.3. The van der Waals surface area contributed by atoms with Crippen molar-refractivity contribution < 1.29 is 19.1 Å². The minimum absolute atomic E-state index is 0.0357. The number of hydrogen-bond acceptors (Lipinski definition) is 5. The molecule has 2 aromatic rings. The van der Waals surface area contributed by atoms with Crippen molar-refractivity contribution in [3.8, 4) is 5.75 Å². The molecule has 1 aliphatic heterocycles. The predicted molar refractivity (Wildman–Crippen MR) is 138 cm³/mol. The molecule has 1 unspecified atom stereocenters. The molecule has 2 aliphatic rings. The van der Waals surface area contributed by atoms with Crippen LogP contribution in [-0.4, -0.2) is 66.2 Å². The van der Waals surface area contributed by atoms with Gasteiger partial charge in [0, 0.05) is 36.5 Å². The van der Waals surface area contributed by atoms with Crippen LogP contribution in [0.25, 0.3) is 0 Å². The molecular formula is C26H34N6O4. The summed E-state index contributed by atoms with van der Waals surface area (Å²) in [6.45, 7) is 2.40. The topological polar surface area (TPSA) is 129 Å². The van der Waals surface area contributed by atoms with E-state index in [0.717, 1.165) is 31.2 Å². The van der Waals surface area contributed by atoms with Crippen LogP contribution < -0.4 is 26.4 Å². The van der Waals surface area contributed by atoms with E-state index in [-0.39, 0.29) is 31.1 Å². The maximum Gasteiger partial charge on any atom is 0.323 e. The van der Waals surface area contributed by atoms with Crippen LogP contribution in [-0.2, 0) is 4.79 Å². The molecule has 1 atom stereocenters. The zero-order valence-corrected chi connectivity index (χ0v) is 20.7. The zero-order chi connectivity index (χ0) is 25.7. The highest BCUT2D eigenvalue weighted by Gasteiger charge is 2.43. The molecule has 2 fully saturated rings. The summed E-state index contributed by atoms with van der Waals surface area (Å²) in [7, 11) is 1.57. The molecule has 5 N–H and O–H groups in total. The molecule has 0 aromatic heterocycles. The van der Waals surface area contributed by atoms with Crippen molar-refractivity contribution in [2.45, 2.75) is 50.9 Å². The van der Waals surface area contributed by atoms with Gasteiger partial charge in [-0.25, -0.2) is 9.59 Å². The average Bonchev–Trinajstić information content (AvgIpc) is 3.33. The van der Waals surface area contributed by atoms with Crippen LogP contribution in [0.15, 0.2) is 48.5 Å². The van der Waals surface area contributed by atoms with Gasteiger partial charge in [-0.3, -0.25) is 14.6 Å². The summed E-state index contributed by atoms with van der Waals surface area (Å²) in [5.74, 6) is 0.287. The molecule has 1 saturated heterocycles. The van der Waals surface area contributed by atoms with Crippen LogP contribution in [0.1, 0.15) is 31.2 Å². The molecule has 2 aromatic carbocycles. The van der Waals surface area contributed by atoms with Crippen LogP contribution >= 0.6 is 0 Å². The quantitative estimate of drug-likeness (QED) is 0.508. The number of amides is 5. The van der Waals surface area contributed by atoms with Crippen LogP contribution in [0.5, 0.6) is 5.75 Å². The van der Waals surface area contributed by atoms with Crippen LogP contribution in [0, 0.1) is 6.92 Å². The maximum absolute atomic E-state index is 13.5. The van der Waals surface area contributed by atoms with Crippen LogP contribution in [0.3, 0.4) is 0 Å². The summed E-state index contributed by atoms with van der Waals surface area (Å²) in [5, 5.41) is 8.71. The number of aryl methyl sites for hydroxylation is 1. The molecule has 192 valence electrons. The van der Waals surface area contributed by atoms with Gasteiger partial charge in [0.05, 0.1) is 7.11 Å². The third-order valence-corrected chi connectivity index (χ3v) is 6.69. The summed E-state index contributed by atoms with van der Waals surface area (Å²) >= 11 is 0. The molecule has 0 bridgehead atoms. The maximum atomic E-state index is 13.5. The number of anilines is 2.